The van der Waals surface area contributed by atoms with Gasteiger partial charge in [-0.15, -0.1) is 10.2 Å². The molecule has 1 heterocycles. The smallest absolute Gasteiger partial charge is 0.239 e. The summed E-state index contributed by atoms with van der Waals surface area (Å²) < 4.78 is 0.700. The Bertz CT molecular complexity index is 290. The van der Waals surface area contributed by atoms with Gasteiger partial charge in [0.2, 0.25) is 11.0 Å². The molecule has 1 aromatic heterocycles. The molecule has 0 aliphatic heterocycles. The SMILES string of the molecule is CCNC(=O)CNc1nnc(Br)s1. The Morgan fingerprint density at radius 3 is 2.92 bits per heavy atom. The van der Waals surface area contributed by atoms with Crippen LogP contribution in [0.2, 0.25) is 0 Å². The molecule has 0 aromatic carbocycles. The summed E-state index contributed by atoms with van der Waals surface area (Å²) in [5.74, 6) is -0.0474. The third kappa shape index (κ3) is 3.69. The Hall–Kier alpha value is -0.690. The minimum Gasteiger partial charge on any atom is -0.355 e. The third-order valence-electron chi connectivity index (χ3n) is 1.17. The predicted molar refractivity (Wildman–Crippen MR) is 54.8 cm³/mol. The van der Waals surface area contributed by atoms with E-state index in [0.717, 1.165) is 0 Å². The molecule has 0 aliphatic carbocycles. The summed E-state index contributed by atoms with van der Waals surface area (Å²) in [4.78, 5) is 11.0. The van der Waals surface area contributed by atoms with Crippen molar-refractivity contribution in [1.29, 1.82) is 0 Å². The molecule has 2 N–H and O–H groups in total. The number of carbonyl (C=O) groups excluding carboxylic acids is 1. The maximum atomic E-state index is 11.0. The van der Waals surface area contributed by atoms with Crippen molar-refractivity contribution < 1.29 is 4.79 Å². The van der Waals surface area contributed by atoms with Crippen LogP contribution in [0.15, 0.2) is 3.92 Å². The second-order valence-electron chi connectivity index (χ2n) is 2.17. The Morgan fingerprint density at radius 1 is 1.62 bits per heavy atom. The van der Waals surface area contributed by atoms with E-state index in [-0.39, 0.29) is 12.5 Å². The summed E-state index contributed by atoms with van der Waals surface area (Å²) >= 11 is 4.53. The molecule has 1 rings (SSSR count). The molecular formula is C6H9BrN4OS. The highest BCUT2D eigenvalue weighted by Crippen LogP contribution is 2.19. The van der Waals surface area contributed by atoms with Crippen LogP contribution in [0.1, 0.15) is 6.92 Å². The number of amides is 1. The standard InChI is InChI=1S/C6H9BrN4OS/c1-2-8-4(12)3-9-6-11-10-5(7)13-6/h2-3H2,1H3,(H,8,12)(H,9,11). The lowest BCUT2D eigenvalue weighted by Gasteiger charge is -2.01. The zero-order valence-corrected chi connectivity index (χ0v) is 9.41. The average Bonchev–Trinajstić information content (AvgIpc) is 2.49. The monoisotopic (exact) mass is 264 g/mol. The number of carbonyl (C=O) groups is 1. The fourth-order valence-electron chi connectivity index (χ4n) is 0.692. The first-order valence-corrected chi connectivity index (χ1v) is 5.33. The molecule has 0 saturated carbocycles. The van der Waals surface area contributed by atoms with Gasteiger partial charge in [-0.2, -0.15) is 0 Å². The second-order valence-corrected chi connectivity index (χ2v) is 4.42. The number of anilines is 1. The molecule has 0 aliphatic rings. The van der Waals surface area contributed by atoms with Crippen LogP contribution in [0, 0.1) is 0 Å². The highest BCUT2D eigenvalue weighted by Gasteiger charge is 2.02. The summed E-state index contributed by atoms with van der Waals surface area (Å²) in [6.45, 7) is 2.75. The molecule has 13 heavy (non-hydrogen) atoms. The first-order valence-electron chi connectivity index (χ1n) is 3.72. The van der Waals surface area contributed by atoms with Crippen molar-refractivity contribution in [3.63, 3.8) is 0 Å². The number of rotatable bonds is 4. The van der Waals surface area contributed by atoms with Crippen LogP contribution >= 0.6 is 27.3 Å². The lowest BCUT2D eigenvalue weighted by molar-refractivity contribution is -0.119. The molecule has 0 spiro atoms. The van der Waals surface area contributed by atoms with Gasteiger partial charge in [0.1, 0.15) is 0 Å². The lowest BCUT2D eigenvalue weighted by Crippen LogP contribution is -2.29. The second kappa shape index (κ2) is 5.13. The molecule has 7 heteroatoms. The quantitative estimate of drug-likeness (QED) is 0.847. The van der Waals surface area contributed by atoms with E-state index >= 15 is 0 Å². The van der Waals surface area contributed by atoms with Gasteiger partial charge in [-0.25, -0.2) is 0 Å². The summed E-state index contributed by atoms with van der Waals surface area (Å²) in [5, 5.41) is 13.7. The molecule has 1 amide bonds. The van der Waals surface area contributed by atoms with E-state index in [1.807, 2.05) is 6.92 Å². The average molecular weight is 265 g/mol. The van der Waals surface area contributed by atoms with Crippen LogP contribution in [0.4, 0.5) is 5.13 Å². The molecule has 0 saturated heterocycles. The van der Waals surface area contributed by atoms with Crippen molar-refractivity contribution in [2.75, 3.05) is 18.4 Å². The molecule has 0 bridgehead atoms. The van der Waals surface area contributed by atoms with Gasteiger partial charge in [-0.3, -0.25) is 4.79 Å². The van der Waals surface area contributed by atoms with Crippen LogP contribution < -0.4 is 10.6 Å². The van der Waals surface area contributed by atoms with E-state index in [4.69, 9.17) is 0 Å². The van der Waals surface area contributed by atoms with E-state index < -0.39 is 0 Å². The van der Waals surface area contributed by atoms with Gasteiger partial charge in [0.25, 0.3) is 0 Å². The molecule has 0 radical (unpaired) electrons. The third-order valence-corrected chi connectivity index (χ3v) is 2.49. The molecule has 5 nitrogen and oxygen atoms in total. The van der Waals surface area contributed by atoms with Crippen molar-refractivity contribution >= 4 is 38.3 Å². The van der Waals surface area contributed by atoms with Gasteiger partial charge in [0.15, 0.2) is 3.92 Å². The van der Waals surface area contributed by atoms with Crippen molar-refractivity contribution in [1.82, 2.24) is 15.5 Å². The van der Waals surface area contributed by atoms with Gasteiger partial charge in [0.05, 0.1) is 6.54 Å². The summed E-state index contributed by atoms with van der Waals surface area (Å²) in [5.41, 5.74) is 0. The van der Waals surface area contributed by atoms with Gasteiger partial charge in [-0.05, 0) is 22.9 Å². The van der Waals surface area contributed by atoms with Crippen LogP contribution in [-0.2, 0) is 4.79 Å². The van der Waals surface area contributed by atoms with Crippen LogP contribution in [0.5, 0.6) is 0 Å². The molecule has 0 atom stereocenters. The lowest BCUT2D eigenvalue weighted by atomic mass is 10.5. The molecular weight excluding hydrogens is 256 g/mol. The van der Waals surface area contributed by atoms with Gasteiger partial charge >= 0.3 is 0 Å². The maximum Gasteiger partial charge on any atom is 0.239 e. The molecule has 0 unspecified atom stereocenters. The normalized spacial score (nSPS) is 9.69. The predicted octanol–water partition coefficient (Wildman–Crippen LogP) is 0.849. The number of halogens is 1. The zero-order chi connectivity index (χ0) is 9.68. The Labute approximate surface area is 88.1 Å². The number of likely N-dealkylation sites (N-methyl/N-ethyl adjacent to an activating group) is 1. The molecule has 72 valence electrons. The fourth-order valence-corrected chi connectivity index (χ4v) is 1.70. The number of hydrogen-bond acceptors (Lipinski definition) is 5. The van der Waals surface area contributed by atoms with E-state index in [0.29, 0.717) is 15.6 Å². The van der Waals surface area contributed by atoms with Gasteiger partial charge in [-0.1, -0.05) is 11.3 Å². The Balaban J connectivity index is 2.30. The topological polar surface area (TPSA) is 66.9 Å². The van der Waals surface area contributed by atoms with E-state index in [1.54, 1.807) is 0 Å². The Morgan fingerprint density at radius 2 is 2.38 bits per heavy atom. The first-order chi connectivity index (χ1) is 6.22. The van der Waals surface area contributed by atoms with Gasteiger partial charge < -0.3 is 10.6 Å². The summed E-state index contributed by atoms with van der Waals surface area (Å²) in [7, 11) is 0. The van der Waals surface area contributed by atoms with Gasteiger partial charge in [0, 0.05) is 6.54 Å². The Kier molecular flexibility index (Phi) is 4.10. The van der Waals surface area contributed by atoms with E-state index in [2.05, 4.69) is 36.8 Å². The summed E-state index contributed by atoms with van der Waals surface area (Å²) in [6, 6.07) is 0. The zero-order valence-electron chi connectivity index (χ0n) is 7.00. The largest absolute Gasteiger partial charge is 0.355 e. The number of nitrogens with one attached hydrogen (secondary N) is 2. The van der Waals surface area contributed by atoms with E-state index in [1.165, 1.54) is 11.3 Å². The minimum absolute atomic E-state index is 0.0474. The van der Waals surface area contributed by atoms with Crippen molar-refractivity contribution in [3.8, 4) is 0 Å². The van der Waals surface area contributed by atoms with Crippen LogP contribution in [0.25, 0.3) is 0 Å². The van der Waals surface area contributed by atoms with Crippen LogP contribution in [0.3, 0.4) is 0 Å². The molecule has 0 fully saturated rings. The number of hydrogen-bond donors (Lipinski definition) is 2. The van der Waals surface area contributed by atoms with Crippen LogP contribution in [-0.4, -0.2) is 29.2 Å². The van der Waals surface area contributed by atoms with Crippen molar-refractivity contribution in [2.45, 2.75) is 6.92 Å². The number of aromatic nitrogens is 2. The molecule has 1 aromatic rings. The van der Waals surface area contributed by atoms with Crippen molar-refractivity contribution in [3.05, 3.63) is 3.92 Å². The first kappa shape index (κ1) is 10.4. The summed E-state index contributed by atoms with van der Waals surface area (Å²) in [6.07, 6.45) is 0. The maximum absolute atomic E-state index is 11.0. The highest BCUT2D eigenvalue weighted by atomic mass is 79.9. The minimum atomic E-state index is -0.0474. The highest BCUT2D eigenvalue weighted by molar-refractivity contribution is 9.11. The fraction of sp³-hybridized carbons (Fsp3) is 0.500. The van der Waals surface area contributed by atoms with E-state index in [9.17, 15) is 4.79 Å². The van der Waals surface area contributed by atoms with Crippen molar-refractivity contribution in [2.24, 2.45) is 0 Å². The number of nitrogens with zero attached hydrogens (tertiary/aromatic N) is 2.